The predicted molar refractivity (Wildman–Crippen MR) is 73.3 cm³/mol. The summed E-state index contributed by atoms with van der Waals surface area (Å²) in [6.07, 6.45) is 0.0804. The van der Waals surface area contributed by atoms with Gasteiger partial charge in [0.05, 0.1) is 24.9 Å². The first-order valence-corrected chi connectivity index (χ1v) is 6.69. The highest BCUT2D eigenvalue weighted by Gasteiger charge is 2.40. The van der Waals surface area contributed by atoms with E-state index in [2.05, 4.69) is 0 Å². The van der Waals surface area contributed by atoms with Crippen LogP contribution in [0, 0.1) is 0 Å². The van der Waals surface area contributed by atoms with E-state index in [1.807, 2.05) is 13.8 Å². The second-order valence-electron chi connectivity index (χ2n) is 5.23. The molecule has 1 heterocycles. The number of carbonyl (C=O) groups is 2. The highest BCUT2D eigenvalue weighted by atomic mass is 16.5. The van der Waals surface area contributed by atoms with Gasteiger partial charge in [0.15, 0.2) is 11.6 Å². The first-order valence-electron chi connectivity index (χ1n) is 6.69. The molecule has 104 valence electrons. The molecule has 4 heteroatoms. The number of rotatable bonds is 1. The Balaban J connectivity index is 2.23. The van der Waals surface area contributed by atoms with E-state index in [1.54, 1.807) is 18.2 Å². The fourth-order valence-electron chi connectivity index (χ4n) is 3.07. The molecule has 1 aliphatic carbocycles. The van der Waals surface area contributed by atoms with Crippen LogP contribution in [0.3, 0.4) is 0 Å². The third kappa shape index (κ3) is 1.72. The molecule has 0 amide bonds. The van der Waals surface area contributed by atoms with Crippen LogP contribution in [0.5, 0.6) is 5.75 Å². The minimum absolute atomic E-state index is 0.0485. The molecule has 0 saturated carbocycles. The summed E-state index contributed by atoms with van der Waals surface area (Å²) in [5.74, 6) is 0.222. The van der Waals surface area contributed by atoms with Crippen LogP contribution in [-0.2, 0) is 4.74 Å². The Morgan fingerprint density at radius 2 is 1.95 bits per heavy atom. The average molecular weight is 272 g/mol. The van der Waals surface area contributed by atoms with Crippen molar-refractivity contribution < 1.29 is 19.1 Å². The Morgan fingerprint density at radius 3 is 2.65 bits per heavy atom. The van der Waals surface area contributed by atoms with Crippen LogP contribution in [0.25, 0.3) is 0 Å². The van der Waals surface area contributed by atoms with Crippen molar-refractivity contribution in [2.75, 3.05) is 7.11 Å². The van der Waals surface area contributed by atoms with Crippen LogP contribution in [0.15, 0.2) is 29.3 Å². The molecule has 0 saturated heterocycles. The zero-order chi connectivity index (χ0) is 14.4. The number of hydrogen-bond donors (Lipinski definition) is 0. The first-order chi connectivity index (χ1) is 9.54. The van der Waals surface area contributed by atoms with Gasteiger partial charge in [-0.15, -0.1) is 0 Å². The van der Waals surface area contributed by atoms with Crippen LogP contribution in [0.4, 0.5) is 0 Å². The number of methoxy groups -OCH3 is 1. The fourth-order valence-corrected chi connectivity index (χ4v) is 3.07. The number of fused-ring (bicyclic) bond motifs is 1. The minimum Gasteiger partial charge on any atom is -0.496 e. The maximum Gasteiger partial charge on any atom is 0.196 e. The summed E-state index contributed by atoms with van der Waals surface area (Å²) in [4.78, 5) is 25.4. The second kappa shape index (κ2) is 4.56. The van der Waals surface area contributed by atoms with E-state index in [9.17, 15) is 9.59 Å². The molecule has 0 fully saturated rings. The van der Waals surface area contributed by atoms with Gasteiger partial charge in [-0.25, -0.2) is 0 Å². The van der Waals surface area contributed by atoms with E-state index in [1.165, 1.54) is 7.11 Å². The van der Waals surface area contributed by atoms with Crippen molar-refractivity contribution in [2.24, 2.45) is 0 Å². The molecular formula is C16H16O4. The Bertz CT molecular complexity index is 642. The molecule has 2 aliphatic rings. The highest BCUT2D eigenvalue weighted by molar-refractivity contribution is 6.28. The molecule has 2 atom stereocenters. The summed E-state index contributed by atoms with van der Waals surface area (Å²) in [6, 6.07) is 5.12. The van der Waals surface area contributed by atoms with Gasteiger partial charge in [0.25, 0.3) is 0 Å². The fraction of sp³-hybridized carbons (Fsp3) is 0.375. The molecule has 4 nitrogen and oxygen atoms in total. The van der Waals surface area contributed by atoms with E-state index >= 15 is 0 Å². The zero-order valence-electron chi connectivity index (χ0n) is 11.7. The molecular weight excluding hydrogens is 256 g/mol. The number of ether oxygens (including phenoxy) is 2. The van der Waals surface area contributed by atoms with Crippen molar-refractivity contribution in [2.45, 2.75) is 32.5 Å². The summed E-state index contributed by atoms with van der Waals surface area (Å²) in [6.45, 7) is 3.73. The molecule has 0 N–H and O–H groups in total. The topological polar surface area (TPSA) is 52.6 Å². The highest BCUT2D eigenvalue weighted by Crippen LogP contribution is 2.38. The van der Waals surface area contributed by atoms with Gasteiger partial charge in [-0.3, -0.25) is 9.59 Å². The third-order valence-corrected chi connectivity index (χ3v) is 3.90. The quantitative estimate of drug-likeness (QED) is 0.788. The van der Waals surface area contributed by atoms with Gasteiger partial charge in [0.2, 0.25) is 0 Å². The van der Waals surface area contributed by atoms with Gasteiger partial charge in [-0.2, -0.15) is 0 Å². The number of carbonyl (C=O) groups excluding carboxylic acids is 2. The Hall–Kier alpha value is -1.94. The van der Waals surface area contributed by atoms with Crippen molar-refractivity contribution in [1.29, 1.82) is 0 Å². The zero-order valence-corrected chi connectivity index (χ0v) is 11.7. The number of ketones is 2. The van der Waals surface area contributed by atoms with Gasteiger partial charge < -0.3 is 9.47 Å². The van der Waals surface area contributed by atoms with E-state index in [-0.39, 0.29) is 23.8 Å². The molecule has 0 aromatic heterocycles. The van der Waals surface area contributed by atoms with Gasteiger partial charge in [-0.1, -0.05) is 12.1 Å². The normalized spacial score (nSPS) is 25.4. The van der Waals surface area contributed by atoms with E-state index in [0.717, 1.165) is 0 Å². The minimum atomic E-state index is -0.358. The first kappa shape index (κ1) is 13.1. The van der Waals surface area contributed by atoms with E-state index in [0.29, 0.717) is 34.4 Å². The van der Waals surface area contributed by atoms with Crippen LogP contribution in [0.1, 0.15) is 41.0 Å². The SMILES string of the molecule is COc1cccc2c1C(=O)C1=C(C[C@@H](C)O[C@H]1C)C2=O. The van der Waals surface area contributed by atoms with Crippen molar-refractivity contribution in [3.05, 3.63) is 40.5 Å². The summed E-state index contributed by atoms with van der Waals surface area (Å²) in [7, 11) is 1.50. The number of Topliss-reactive ketones (excluding diaryl/α,β-unsaturated/α-hetero) is 2. The van der Waals surface area contributed by atoms with Gasteiger partial charge in [0, 0.05) is 23.1 Å². The lowest BCUT2D eigenvalue weighted by molar-refractivity contribution is 0.0148. The van der Waals surface area contributed by atoms with Crippen LogP contribution >= 0.6 is 0 Å². The molecule has 3 rings (SSSR count). The molecule has 0 unspecified atom stereocenters. The van der Waals surface area contributed by atoms with Gasteiger partial charge >= 0.3 is 0 Å². The van der Waals surface area contributed by atoms with Gasteiger partial charge in [-0.05, 0) is 19.9 Å². The average Bonchev–Trinajstić information content (AvgIpc) is 2.43. The Labute approximate surface area is 117 Å². The van der Waals surface area contributed by atoms with E-state index < -0.39 is 0 Å². The van der Waals surface area contributed by atoms with Crippen molar-refractivity contribution in [1.82, 2.24) is 0 Å². The molecule has 1 aliphatic heterocycles. The van der Waals surface area contributed by atoms with Crippen molar-refractivity contribution >= 4 is 11.6 Å². The summed E-state index contributed by atoms with van der Waals surface area (Å²) in [5, 5.41) is 0. The Morgan fingerprint density at radius 1 is 1.20 bits per heavy atom. The number of benzene rings is 1. The molecule has 0 radical (unpaired) electrons. The molecule has 1 aromatic rings. The van der Waals surface area contributed by atoms with Crippen molar-refractivity contribution in [3.63, 3.8) is 0 Å². The summed E-state index contributed by atoms with van der Waals surface area (Å²) in [5.41, 5.74) is 1.89. The monoisotopic (exact) mass is 272 g/mol. The lowest BCUT2D eigenvalue weighted by Crippen LogP contribution is -2.36. The lowest BCUT2D eigenvalue weighted by atomic mass is 9.78. The van der Waals surface area contributed by atoms with Gasteiger partial charge in [0.1, 0.15) is 5.75 Å². The lowest BCUT2D eigenvalue weighted by Gasteiger charge is -2.33. The molecule has 0 spiro atoms. The van der Waals surface area contributed by atoms with E-state index in [4.69, 9.17) is 9.47 Å². The Kier molecular flexibility index (Phi) is 2.98. The molecule has 20 heavy (non-hydrogen) atoms. The van der Waals surface area contributed by atoms with Crippen LogP contribution < -0.4 is 4.74 Å². The largest absolute Gasteiger partial charge is 0.496 e. The van der Waals surface area contributed by atoms with Crippen molar-refractivity contribution in [3.8, 4) is 5.75 Å². The maximum atomic E-state index is 12.7. The maximum absolute atomic E-state index is 12.7. The smallest absolute Gasteiger partial charge is 0.196 e. The van der Waals surface area contributed by atoms with Crippen LogP contribution in [-0.4, -0.2) is 30.9 Å². The number of hydrogen-bond acceptors (Lipinski definition) is 4. The third-order valence-electron chi connectivity index (χ3n) is 3.90. The van der Waals surface area contributed by atoms with Crippen LogP contribution in [0.2, 0.25) is 0 Å². The molecule has 1 aromatic carbocycles. The summed E-state index contributed by atoms with van der Waals surface area (Å²) < 4.78 is 10.9. The standard InChI is InChI=1S/C16H16O4/c1-8-7-11-13(9(2)20-8)16(18)14-10(15(11)17)5-4-6-12(14)19-3/h4-6,8-9H,7H2,1-3H3/t8-,9+/m1/s1. The second-order valence-corrected chi connectivity index (χ2v) is 5.23. The summed E-state index contributed by atoms with van der Waals surface area (Å²) >= 11 is 0. The predicted octanol–water partition coefficient (Wildman–Crippen LogP) is 2.57. The molecule has 0 bridgehead atoms.